The minimum atomic E-state index is -1.37. The second-order valence-electron chi connectivity index (χ2n) is 5.21. The Hall–Kier alpha value is -3.16. The summed E-state index contributed by atoms with van der Waals surface area (Å²) in [6.45, 7) is 1.20. The zero-order valence-corrected chi connectivity index (χ0v) is 13.2. The molecule has 0 spiro atoms. The summed E-state index contributed by atoms with van der Waals surface area (Å²) < 4.78 is 9.48. The van der Waals surface area contributed by atoms with E-state index in [9.17, 15) is 19.2 Å². The first-order valence-corrected chi connectivity index (χ1v) is 7.07. The summed E-state index contributed by atoms with van der Waals surface area (Å²) in [4.78, 5) is 49.3. The molecule has 0 saturated carbocycles. The van der Waals surface area contributed by atoms with Gasteiger partial charge >= 0.3 is 11.9 Å². The molecule has 1 atom stereocenters. The van der Waals surface area contributed by atoms with E-state index in [1.54, 1.807) is 24.3 Å². The molecule has 0 aromatic heterocycles. The number of benzene rings is 1. The summed E-state index contributed by atoms with van der Waals surface area (Å²) in [5.74, 6) is -2.72. The van der Waals surface area contributed by atoms with E-state index >= 15 is 0 Å². The van der Waals surface area contributed by atoms with E-state index in [2.05, 4.69) is 0 Å². The smallest absolute Gasteiger partial charge is 0.338 e. The molecule has 0 bridgehead atoms. The largest absolute Gasteiger partial charge is 0.467 e. The number of esters is 2. The molecule has 0 radical (unpaired) electrons. The number of methoxy groups -OCH3 is 2. The normalized spacial score (nSPS) is 18.5. The molecule has 2 heterocycles. The summed E-state index contributed by atoms with van der Waals surface area (Å²) in [5, 5.41) is 1.97. The molecule has 0 N–H and O–H groups in total. The Morgan fingerprint density at radius 2 is 1.67 bits per heavy atom. The Labute approximate surface area is 137 Å². The Morgan fingerprint density at radius 3 is 2.21 bits per heavy atom. The van der Waals surface area contributed by atoms with Gasteiger partial charge in [0.1, 0.15) is 0 Å². The van der Waals surface area contributed by atoms with Gasteiger partial charge in [-0.3, -0.25) is 9.59 Å². The van der Waals surface area contributed by atoms with Crippen molar-refractivity contribution in [1.29, 1.82) is 0 Å². The highest BCUT2D eigenvalue weighted by Crippen LogP contribution is 2.44. The average Bonchev–Trinajstić information content (AvgIpc) is 3.08. The first-order valence-electron chi connectivity index (χ1n) is 7.07. The van der Waals surface area contributed by atoms with Gasteiger partial charge in [0.05, 0.1) is 31.1 Å². The van der Waals surface area contributed by atoms with Crippen molar-refractivity contribution in [1.82, 2.24) is 10.0 Å². The second-order valence-corrected chi connectivity index (χ2v) is 5.21. The molecule has 2 amide bonds. The molecule has 0 saturated heterocycles. The number of fused-ring (bicyclic) bond motifs is 3. The fourth-order valence-electron chi connectivity index (χ4n) is 3.01. The van der Waals surface area contributed by atoms with E-state index in [0.29, 0.717) is 11.1 Å². The number of ether oxygens (including phenoxy) is 2. The summed E-state index contributed by atoms with van der Waals surface area (Å²) in [5.41, 5.74) is 0.870. The summed E-state index contributed by atoms with van der Waals surface area (Å²) >= 11 is 0. The van der Waals surface area contributed by atoms with E-state index in [0.717, 1.165) is 24.2 Å². The highest BCUT2D eigenvalue weighted by atomic mass is 16.5. The van der Waals surface area contributed by atoms with E-state index in [1.807, 2.05) is 0 Å². The van der Waals surface area contributed by atoms with Crippen LogP contribution in [-0.2, 0) is 23.9 Å². The minimum absolute atomic E-state index is 0.0992. The fraction of sp³-hybridized carbons (Fsp3) is 0.250. The maximum absolute atomic E-state index is 12.7. The van der Waals surface area contributed by atoms with Crippen molar-refractivity contribution in [3.63, 3.8) is 0 Å². The lowest BCUT2D eigenvalue weighted by atomic mass is 10.0. The summed E-state index contributed by atoms with van der Waals surface area (Å²) in [6, 6.07) is 5.23. The molecular formula is C16H14N2O6. The predicted octanol–water partition coefficient (Wildman–Crippen LogP) is 0.345. The van der Waals surface area contributed by atoms with Gasteiger partial charge in [0.25, 0.3) is 5.91 Å². The predicted molar refractivity (Wildman–Crippen MR) is 79.9 cm³/mol. The van der Waals surface area contributed by atoms with Crippen LogP contribution in [0.4, 0.5) is 0 Å². The standard InChI is InChI=1S/C16H14N2O6/c1-8(19)17-13(16(22)24-3)11(15(21)23-2)12-9-6-4-5-7-10(9)14(20)18(12)17/h4-7,13H,1-3H3. The van der Waals surface area contributed by atoms with Crippen molar-refractivity contribution < 1.29 is 28.7 Å². The molecule has 0 aliphatic carbocycles. The van der Waals surface area contributed by atoms with Crippen LogP contribution in [0.15, 0.2) is 29.8 Å². The van der Waals surface area contributed by atoms with E-state index in [4.69, 9.17) is 9.47 Å². The number of amides is 2. The van der Waals surface area contributed by atoms with Crippen molar-refractivity contribution in [2.45, 2.75) is 13.0 Å². The molecule has 2 aliphatic heterocycles. The van der Waals surface area contributed by atoms with Crippen molar-refractivity contribution in [2.24, 2.45) is 0 Å². The minimum Gasteiger partial charge on any atom is -0.467 e. The van der Waals surface area contributed by atoms with Crippen LogP contribution in [0.2, 0.25) is 0 Å². The molecule has 24 heavy (non-hydrogen) atoms. The molecule has 1 aromatic rings. The van der Waals surface area contributed by atoms with E-state index in [-0.39, 0.29) is 11.3 Å². The molecule has 0 fully saturated rings. The van der Waals surface area contributed by atoms with Crippen LogP contribution in [0.5, 0.6) is 0 Å². The van der Waals surface area contributed by atoms with Crippen LogP contribution >= 0.6 is 0 Å². The quantitative estimate of drug-likeness (QED) is 0.726. The summed E-state index contributed by atoms with van der Waals surface area (Å²) in [6.07, 6.45) is 0. The van der Waals surface area contributed by atoms with Crippen LogP contribution in [0.1, 0.15) is 22.8 Å². The lowest BCUT2D eigenvalue weighted by molar-refractivity contribution is -0.157. The van der Waals surface area contributed by atoms with Crippen LogP contribution in [0, 0.1) is 0 Å². The molecule has 8 heteroatoms. The molecule has 1 aromatic carbocycles. The SMILES string of the molecule is COC(=O)C1=C2c3ccccc3C(=O)N2N(C(C)=O)C1C(=O)OC. The molecule has 3 rings (SSSR count). The van der Waals surface area contributed by atoms with Gasteiger partial charge in [-0.25, -0.2) is 19.6 Å². The Kier molecular flexibility index (Phi) is 3.59. The summed E-state index contributed by atoms with van der Waals surface area (Å²) in [7, 11) is 2.30. The second kappa shape index (κ2) is 5.48. The number of hydrogen-bond acceptors (Lipinski definition) is 6. The van der Waals surface area contributed by atoms with Crippen molar-refractivity contribution in [3.05, 3.63) is 41.0 Å². The van der Waals surface area contributed by atoms with Gasteiger partial charge in [-0.1, -0.05) is 18.2 Å². The molecule has 124 valence electrons. The molecule has 8 nitrogen and oxygen atoms in total. The molecule has 1 unspecified atom stereocenters. The van der Waals surface area contributed by atoms with Crippen LogP contribution < -0.4 is 0 Å². The lowest BCUT2D eigenvalue weighted by Crippen LogP contribution is -2.50. The first-order chi connectivity index (χ1) is 11.4. The van der Waals surface area contributed by atoms with Gasteiger partial charge in [0.15, 0.2) is 6.04 Å². The van der Waals surface area contributed by atoms with E-state index in [1.165, 1.54) is 6.92 Å². The van der Waals surface area contributed by atoms with Crippen molar-refractivity contribution in [2.75, 3.05) is 14.2 Å². The third kappa shape index (κ3) is 1.92. The van der Waals surface area contributed by atoms with Gasteiger partial charge < -0.3 is 9.47 Å². The maximum Gasteiger partial charge on any atom is 0.338 e. The Bertz CT molecular complexity index is 813. The zero-order chi connectivity index (χ0) is 17.6. The van der Waals surface area contributed by atoms with Crippen LogP contribution in [0.3, 0.4) is 0 Å². The number of hydrogen-bond donors (Lipinski definition) is 0. The molecule has 2 aliphatic rings. The number of carbonyl (C=O) groups is 4. The monoisotopic (exact) mass is 330 g/mol. The number of rotatable bonds is 2. The number of hydrazine groups is 1. The zero-order valence-electron chi connectivity index (χ0n) is 13.2. The lowest BCUT2D eigenvalue weighted by Gasteiger charge is -2.29. The van der Waals surface area contributed by atoms with Crippen molar-refractivity contribution in [3.8, 4) is 0 Å². The Balaban J connectivity index is 2.32. The van der Waals surface area contributed by atoms with Gasteiger partial charge in [-0.05, 0) is 6.07 Å². The number of carbonyl (C=O) groups excluding carboxylic acids is 4. The van der Waals surface area contributed by atoms with Gasteiger partial charge in [-0.15, -0.1) is 0 Å². The van der Waals surface area contributed by atoms with E-state index < -0.39 is 29.8 Å². The highest BCUT2D eigenvalue weighted by molar-refractivity contribution is 6.18. The van der Waals surface area contributed by atoms with Gasteiger partial charge in [0.2, 0.25) is 5.91 Å². The topological polar surface area (TPSA) is 93.2 Å². The maximum atomic E-state index is 12.7. The third-order valence-corrected chi connectivity index (χ3v) is 3.96. The molecular weight excluding hydrogens is 316 g/mol. The van der Waals surface area contributed by atoms with Gasteiger partial charge in [0, 0.05) is 12.5 Å². The fourth-order valence-corrected chi connectivity index (χ4v) is 3.01. The van der Waals surface area contributed by atoms with Crippen LogP contribution in [0.25, 0.3) is 5.70 Å². The Morgan fingerprint density at radius 1 is 1.04 bits per heavy atom. The third-order valence-electron chi connectivity index (χ3n) is 3.96. The first kappa shape index (κ1) is 15.7. The van der Waals surface area contributed by atoms with Gasteiger partial charge in [-0.2, -0.15) is 0 Å². The highest BCUT2D eigenvalue weighted by Gasteiger charge is 2.54. The van der Waals surface area contributed by atoms with Crippen molar-refractivity contribution >= 4 is 29.5 Å². The average molecular weight is 330 g/mol. The van der Waals surface area contributed by atoms with Crippen LogP contribution in [-0.4, -0.2) is 54.0 Å². The number of nitrogens with zero attached hydrogens (tertiary/aromatic N) is 2.